The first-order valence-corrected chi connectivity index (χ1v) is 7.17. The van der Waals surface area contributed by atoms with E-state index in [2.05, 4.69) is 0 Å². The van der Waals surface area contributed by atoms with Gasteiger partial charge in [0.15, 0.2) is 11.5 Å². The molecule has 2 aromatic rings. The van der Waals surface area contributed by atoms with Gasteiger partial charge in [-0.1, -0.05) is 58.0 Å². The van der Waals surface area contributed by atoms with E-state index in [0.717, 1.165) is 0 Å². The molecule has 1 N–H and O–H groups in total. The predicted octanol–water partition coefficient (Wildman–Crippen LogP) is 5.82. The van der Waals surface area contributed by atoms with Crippen LogP contribution in [0.25, 0.3) is 0 Å². The molecular weight excluding hydrogens is 385 g/mol. The van der Waals surface area contributed by atoms with E-state index in [1.807, 2.05) is 0 Å². The molecule has 0 fully saturated rings. The van der Waals surface area contributed by atoms with Crippen LogP contribution >= 0.6 is 58.0 Å². The van der Waals surface area contributed by atoms with Gasteiger partial charge in [-0.2, -0.15) is 0 Å². The van der Waals surface area contributed by atoms with E-state index in [1.165, 1.54) is 12.3 Å². The molecule has 0 unspecified atom stereocenters. The van der Waals surface area contributed by atoms with E-state index in [1.54, 1.807) is 0 Å². The van der Waals surface area contributed by atoms with Crippen molar-refractivity contribution in [1.29, 1.82) is 0 Å². The number of rotatable bonds is 4. The number of halogens is 5. The van der Waals surface area contributed by atoms with Gasteiger partial charge >= 0.3 is 5.97 Å². The van der Waals surface area contributed by atoms with Gasteiger partial charge in [-0.3, -0.25) is 0 Å². The third kappa shape index (κ3) is 3.20. The zero-order chi connectivity index (χ0) is 15.7. The fourth-order valence-corrected chi connectivity index (χ4v) is 2.72. The van der Waals surface area contributed by atoms with Gasteiger partial charge in [0.25, 0.3) is 0 Å². The van der Waals surface area contributed by atoms with Crippen molar-refractivity contribution in [2.75, 3.05) is 0 Å². The summed E-state index contributed by atoms with van der Waals surface area (Å²) in [4.78, 5) is 11.0. The minimum Gasteiger partial charge on any atom is -0.482 e. The molecule has 9 heteroatoms. The van der Waals surface area contributed by atoms with Crippen molar-refractivity contribution in [2.24, 2.45) is 0 Å². The molecule has 1 aromatic carbocycles. The zero-order valence-electron chi connectivity index (χ0n) is 9.92. The Morgan fingerprint density at radius 2 is 1.57 bits per heavy atom. The molecule has 0 aliphatic heterocycles. The Balaban J connectivity index is 2.33. The van der Waals surface area contributed by atoms with Gasteiger partial charge in [0.05, 0.1) is 21.3 Å². The van der Waals surface area contributed by atoms with Gasteiger partial charge in [0.2, 0.25) is 0 Å². The van der Waals surface area contributed by atoms with Crippen LogP contribution in [0.2, 0.25) is 25.1 Å². The summed E-state index contributed by atoms with van der Waals surface area (Å²) in [6.45, 7) is -0.220. The Morgan fingerprint density at radius 1 is 1.05 bits per heavy atom. The first-order chi connectivity index (χ1) is 9.84. The number of furan rings is 1. The maximum absolute atomic E-state index is 11.0. The molecule has 112 valence electrons. The van der Waals surface area contributed by atoms with Crippen LogP contribution in [0.4, 0.5) is 0 Å². The Bertz CT molecular complexity index is 681. The lowest BCUT2D eigenvalue weighted by Crippen LogP contribution is -2.03. The van der Waals surface area contributed by atoms with Gasteiger partial charge in [-0.25, -0.2) is 4.79 Å². The van der Waals surface area contributed by atoms with Crippen LogP contribution in [0.1, 0.15) is 16.1 Å². The molecule has 0 aliphatic rings. The Morgan fingerprint density at radius 3 is 2.10 bits per heavy atom. The van der Waals surface area contributed by atoms with Crippen molar-refractivity contribution >= 4 is 64.0 Å². The molecule has 21 heavy (non-hydrogen) atoms. The van der Waals surface area contributed by atoms with E-state index >= 15 is 0 Å². The summed E-state index contributed by atoms with van der Waals surface area (Å²) in [6, 6.07) is 1.30. The third-order valence-corrected chi connectivity index (χ3v) is 4.74. The highest BCUT2D eigenvalue weighted by Crippen LogP contribution is 2.48. The number of aromatic carboxylic acids is 1. The third-order valence-electron chi connectivity index (χ3n) is 2.49. The smallest absolute Gasteiger partial charge is 0.339 e. The van der Waals surface area contributed by atoms with Gasteiger partial charge in [0, 0.05) is 0 Å². The van der Waals surface area contributed by atoms with Gasteiger partial charge in [0.1, 0.15) is 22.2 Å². The van der Waals surface area contributed by atoms with Crippen LogP contribution in [0, 0.1) is 0 Å². The summed E-state index contributed by atoms with van der Waals surface area (Å²) in [5, 5.41) is 8.88. The molecule has 0 amide bonds. The average molecular weight is 390 g/mol. The molecule has 0 saturated heterocycles. The molecule has 1 heterocycles. The molecule has 0 saturated carbocycles. The SMILES string of the molecule is O=C(O)c1ccoc1COc1c(Cl)c(Cl)c(Cl)c(Cl)c1Cl. The van der Waals surface area contributed by atoms with Crippen LogP contribution in [0.5, 0.6) is 5.75 Å². The van der Waals surface area contributed by atoms with Crippen LogP contribution in [0.3, 0.4) is 0 Å². The minimum atomic E-state index is -1.15. The molecule has 0 atom stereocenters. The van der Waals surface area contributed by atoms with Crippen LogP contribution in [-0.2, 0) is 6.61 Å². The van der Waals surface area contributed by atoms with E-state index in [9.17, 15) is 4.79 Å². The van der Waals surface area contributed by atoms with Crippen molar-refractivity contribution in [3.63, 3.8) is 0 Å². The Hall–Kier alpha value is -0.780. The van der Waals surface area contributed by atoms with Crippen molar-refractivity contribution in [2.45, 2.75) is 6.61 Å². The number of carboxylic acids is 1. The molecule has 1 aromatic heterocycles. The number of hydrogen-bond acceptors (Lipinski definition) is 3. The number of ether oxygens (including phenoxy) is 1. The second kappa shape index (κ2) is 6.55. The molecule has 2 rings (SSSR count). The zero-order valence-corrected chi connectivity index (χ0v) is 13.7. The lowest BCUT2D eigenvalue weighted by Gasteiger charge is -2.13. The monoisotopic (exact) mass is 388 g/mol. The largest absolute Gasteiger partial charge is 0.482 e. The topological polar surface area (TPSA) is 59.7 Å². The summed E-state index contributed by atoms with van der Waals surface area (Å²) in [7, 11) is 0. The number of carboxylic acid groups (broad SMARTS) is 1. The molecular formula is C12H5Cl5O4. The van der Waals surface area contributed by atoms with Crippen LogP contribution in [0.15, 0.2) is 16.7 Å². The van der Waals surface area contributed by atoms with Crippen molar-refractivity contribution in [3.8, 4) is 5.75 Å². The lowest BCUT2D eigenvalue weighted by atomic mass is 10.2. The summed E-state index contributed by atoms with van der Waals surface area (Å²) >= 11 is 29.6. The minimum absolute atomic E-state index is 0.00454. The highest BCUT2D eigenvalue weighted by Gasteiger charge is 2.22. The molecule has 0 bridgehead atoms. The van der Waals surface area contributed by atoms with Gasteiger partial charge in [-0.05, 0) is 6.07 Å². The van der Waals surface area contributed by atoms with Crippen LogP contribution in [-0.4, -0.2) is 11.1 Å². The fourth-order valence-electron chi connectivity index (χ4n) is 1.49. The van der Waals surface area contributed by atoms with E-state index in [0.29, 0.717) is 0 Å². The summed E-state index contributed by atoms with van der Waals surface area (Å²) in [5.41, 5.74) is -0.0339. The van der Waals surface area contributed by atoms with Crippen molar-refractivity contribution in [1.82, 2.24) is 0 Å². The Kier molecular flexibility index (Phi) is 5.17. The number of hydrogen-bond donors (Lipinski definition) is 1. The molecule has 0 aliphatic carbocycles. The Labute approximate surface area is 144 Å². The quantitative estimate of drug-likeness (QED) is 0.528. The highest BCUT2D eigenvalue weighted by molar-refractivity contribution is 6.55. The molecule has 4 nitrogen and oxygen atoms in total. The molecule has 0 spiro atoms. The maximum atomic E-state index is 11.0. The van der Waals surface area contributed by atoms with E-state index in [-0.39, 0.29) is 48.8 Å². The second-order valence-corrected chi connectivity index (χ2v) is 5.64. The van der Waals surface area contributed by atoms with E-state index in [4.69, 9.17) is 72.3 Å². The predicted molar refractivity (Wildman–Crippen MR) is 81.5 cm³/mol. The fraction of sp³-hybridized carbons (Fsp3) is 0.0833. The summed E-state index contributed by atoms with van der Waals surface area (Å²) < 4.78 is 10.4. The standard InChI is InChI=1S/C12H5Cl5O4/c13-6-7(14)9(16)11(10(17)8(6)15)21-3-5-4(12(18)19)1-2-20-5/h1-2H,3H2,(H,18,19). The van der Waals surface area contributed by atoms with E-state index < -0.39 is 5.97 Å². The number of carbonyl (C=O) groups is 1. The summed E-state index contributed by atoms with van der Waals surface area (Å²) in [5.74, 6) is -1.06. The first kappa shape index (κ1) is 16.6. The summed E-state index contributed by atoms with van der Waals surface area (Å²) in [6.07, 6.45) is 1.23. The van der Waals surface area contributed by atoms with Crippen molar-refractivity contribution < 1.29 is 19.1 Å². The average Bonchev–Trinajstić information content (AvgIpc) is 2.91. The highest BCUT2D eigenvalue weighted by atomic mass is 35.5. The molecule has 0 radical (unpaired) electrons. The van der Waals surface area contributed by atoms with Crippen LogP contribution < -0.4 is 4.74 Å². The van der Waals surface area contributed by atoms with Crippen molar-refractivity contribution in [3.05, 3.63) is 48.8 Å². The maximum Gasteiger partial charge on any atom is 0.339 e. The first-order valence-electron chi connectivity index (χ1n) is 5.28. The van der Waals surface area contributed by atoms with Gasteiger partial charge < -0.3 is 14.3 Å². The second-order valence-electron chi connectivity index (χ2n) is 3.75. The number of benzene rings is 1. The normalized spacial score (nSPS) is 10.7. The van der Waals surface area contributed by atoms with Gasteiger partial charge in [-0.15, -0.1) is 0 Å². The lowest BCUT2D eigenvalue weighted by molar-refractivity contribution is 0.0692.